The molecule has 1 amide bonds. The number of Topliss-reactive ketones (excluding diaryl/α,β-unsaturated/α-hetero) is 1. The summed E-state index contributed by atoms with van der Waals surface area (Å²) in [4.78, 5) is 25.0. The van der Waals surface area contributed by atoms with Gasteiger partial charge in [0.1, 0.15) is 11.3 Å². The molecule has 3 aromatic rings. The van der Waals surface area contributed by atoms with Crippen molar-refractivity contribution in [3.05, 3.63) is 77.0 Å². The fraction of sp³-hybridized carbons (Fsp3) is 0.150. The second kappa shape index (κ2) is 7.13. The van der Waals surface area contributed by atoms with E-state index in [-0.39, 0.29) is 23.9 Å². The Morgan fingerprint density at radius 1 is 1.04 bits per heavy atom. The number of nitrogens with one attached hydrogen (secondary N) is 1. The first-order chi connectivity index (χ1) is 12.1. The van der Waals surface area contributed by atoms with Gasteiger partial charge in [-0.05, 0) is 12.5 Å². The van der Waals surface area contributed by atoms with E-state index >= 15 is 0 Å². The van der Waals surface area contributed by atoms with Crippen molar-refractivity contribution in [1.29, 1.82) is 0 Å². The molecular weight excluding hydrogens is 316 g/mol. The van der Waals surface area contributed by atoms with Gasteiger partial charge in [0.25, 0.3) is 5.91 Å². The third-order valence-corrected chi connectivity index (χ3v) is 4.03. The molecule has 2 aromatic carbocycles. The van der Waals surface area contributed by atoms with Gasteiger partial charge in [-0.3, -0.25) is 9.59 Å². The molecule has 0 fully saturated rings. The molecule has 1 heterocycles. The van der Waals surface area contributed by atoms with Crippen LogP contribution in [0.3, 0.4) is 0 Å². The molecule has 0 aliphatic heterocycles. The van der Waals surface area contributed by atoms with Gasteiger partial charge in [-0.1, -0.05) is 59.8 Å². The SMILES string of the molecule is CNC(=O)c1c(-c2ccccc2)noc1CC(=O)c1ccccc1C. The van der Waals surface area contributed by atoms with E-state index in [9.17, 15) is 9.59 Å². The molecule has 0 radical (unpaired) electrons. The second-order valence-electron chi connectivity index (χ2n) is 5.69. The summed E-state index contributed by atoms with van der Waals surface area (Å²) in [6.45, 7) is 1.88. The van der Waals surface area contributed by atoms with Crippen LogP contribution in [0.15, 0.2) is 59.1 Å². The number of carbonyl (C=O) groups excluding carboxylic acids is 2. The predicted octanol–water partition coefficient (Wildman–Crippen LogP) is 3.44. The molecule has 25 heavy (non-hydrogen) atoms. The van der Waals surface area contributed by atoms with Gasteiger partial charge in [-0.25, -0.2) is 0 Å². The number of hydrogen-bond donors (Lipinski definition) is 1. The highest BCUT2D eigenvalue weighted by molar-refractivity contribution is 6.04. The lowest BCUT2D eigenvalue weighted by Crippen LogP contribution is -2.20. The Morgan fingerprint density at radius 3 is 2.40 bits per heavy atom. The quantitative estimate of drug-likeness (QED) is 0.726. The van der Waals surface area contributed by atoms with E-state index in [1.807, 2.05) is 55.5 Å². The average molecular weight is 334 g/mol. The highest BCUT2D eigenvalue weighted by Gasteiger charge is 2.25. The van der Waals surface area contributed by atoms with Crippen molar-refractivity contribution in [3.8, 4) is 11.3 Å². The van der Waals surface area contributed by atoms with Crippen molar-refractivity contribution in [1.82, 2.24) is 10.5 Å². The molecule has 126 valence electrons. The fourth-order valence-electron chi connectivity index (χ4n) is 2.72. The van der Waals surface area contributed by atoms with Crippen LogP contribution in [-0.2, 0) is 6.42 Å². The summed E-state index contributed by atoms with van der Waals surface area (Å²) in [5, 5.41) is 6.63. The Hall–Kier alpha value is -3.21. The lowest BCUT2D eigenvalue weighted by Gasteiger charge is -2.05. The van der Waals surface area contributed by atoms with E-state index in [0.29, 0.717) is 16.8 Å². The van der Waals surface area contributed by atoms with E-state index in [1.54, 1.807) is 6.07 Å². The number of hydrogen-bond acceptors (Lipinski definition) is 4. The molecular formula is C20H18N2O3. The molecule has 0 aliphatic rings. The number of aromatic nitrogens is 1. The Bertz CT molecular complexity index is 914. The van der Waals surface area contributed by atoms with Gasteiger partial charge in [-0.15, -0.1) is 0 Å². The molecule has 5 nitrogen and oxygen atoms in total. The Morgan fingerprint density at radius 2 is 1.72 bits per heavy atom. The molecule has 0 saturated heterocycles. The van der Waals surface area contributed by atoms with Crippen LogP contribution in [0.5, 0.6) is 0 Å². The monoisotopic (exact) mass is 334 g/mol. The largest absolute Gasteiger partial charge is 0.359 e. The van der Waals surface area contributed by atoms with Crippen LogP contribution in [-0.4, -0.2) is 23.9 Å². The van der Waals surface area contributed by atoms with Crippen molar-refractivity contribution in [3.63, 3.8) is 0 Å². The lowest BCUT2D eigenvalue weighted by atomic mass is 9.98. The molecule has 0 unspecified atom stereocenters. The summed E-state index contributed by atoms with van der Waals surface area (Å²) < 4.78 is 5.37. The van der Waals surface area contributed by atoms with Gasteiger partial charge in [0.2, 0.25) is 0 Å². The minimum Gasteiger partial charge on any atom is -0.359 e. The van der Waals surface area contributed by atoms with Crippen LogP contribution >= 0.6 is 0 Å². The Kier molecular flexibility index (Phi) is 4.75. The zero-order chi connectivity index (χ0) is 17.8. The molecule has 0 saturated carbocycles. The molecule has 5 heteroatoms. The molecule has 0 aliphatic carbocycles. The average Bonchev–Trinajstić information content (AvgIpc) is 3.05. The summed E-state index contributed by atoms with van der Waals surface area (Å²) in [5.41, 5.74) is 3.00. The molecule has 0 spiro atoms. The maximum Gasteiger partial charge on any atom is 0.256 e. The molecule has 3 rings (SSSR count). The summed E-state index contributed by atoms with van der Waals surface area (Å²) in [6, 6.07) is 16.6. The highest BCUT2D eigenvalue weighted by atomic mass is 16.5. The third-order valence-electron chi connectivity index (χ3n) is 4.03. The number of carbonyl (C=O) groups is 2. The molecule has 1 N–H and O–H groups in total. The van der Waals surface area contributed by atoms with Crippen LogP contribution < -0.4 is 5.32 Å². The first kappa shape index (κ1) is 16.6. The number of rotatable bonds is 5. The molecule has 1 aromatic heterocycles. The summed E-state index contributed by atoms with van der Waals surface area (Å²) in [5.74, 6) is -0.168. The number of amides is 1. The van der Waals surface area contributed by atoms with Crippen molar-refractivity contribution < 1.29 is 14.1 Å². The maximum atomic E-state index is 12.6. The lowest BCUT2D eigenvalue weighted by molar-refractivity contribution is 0.0960. The summed E-state index contributed by atoms with van der Waals surface area (Å²) in [7, 11) is 1.54. The first-order valence-corrected chi connectivity index (χ1v) is 7.96. The van der Waals surface area contributed by atoms with Crippen LogP contribution in [0.2, 0.25) is 0 Å². The zero-order valence-corrected chi connectivity index (χ0v) is 14.1. The van der Waals surface area contributed by atoms with Gasteiger partial charge in [0, 0.05) is 18.2 Å². The van der Waals surface area contributed by atoms with E-state index in [4.69, 9.17) is 4.52 Å². The van der Waals surface area contributed by atoms with Crippen LogP contribution in [0, 0.1) is 6.92 Å². The standard InChI is InChI=1S/C20H18N2O3/c1-13-8-6-7-11-15(13)16(23)12-17-18(20(24)21-2)19(22-25-17)14-9-4-3-5-10-14/h3-11H,12H2,1-2H3,(H,21,24). The summed E-state index contributed by atoms with van der Waals surface area (Å²) in [6.07, 6.45) is -0.0204. The molecule has 0 atom stereocenters. The number of nitrogens with zero attached hydrogens (tertiary/aromatic N) is 1. The minimum absolute atomic E-state index is 0.0204. The second-order valence-corrected chi connectivity index (χ2v) is 5.69. The first-order valence-electron chi connectivity index (χ1n) is 7.96. The van der Waals surface area contributed by atoms with E-state index in [2.05, 4.69) is 10.5 Å². The van der Waals surface area contributed by atoms with Gasteiger partial charge < -0.3 is 9.84 Å². The van der Waals surface area contributed by atoms with E-state index < -0.39 is 0 Å². The highest BCUT2D eigenvalue weighted by Crippen LogP contribution is 2.26. The Labute approximate surface area is 145 Å². The maximum absolute atomic E-state index is 12.6. The van der Waals surface area contributed by atoms with Crippen molar-refractivity contribution in [2.24, 2.45) is 0 Å². The Balaban J connectivity index is 2.00. The number of aryl methyl sites for hydroxylation is 1. The van der Waals surface area contributed by atoms with Crippen molar-refractivity contribution in [2.45, 2.75) is 13.3 Å². The minimum atomic E-state index is -0.326. The summed E-state index contributed by atoms with van der Waals surface area (Å²) >= 11 is 0. The predicted molar refractivity (Wildman–Crippen MR) is 94.5 cm³/mol. The normalized spacial score (nSPS) is 10.5. The van der Waals surface area contributed by atoms with Gasteiger partial charge in [0.15, 0.2) is 11.5 Å². The van der Waals surface area contributed by atoms with E-state index in [1.165, 1.54) is 7.05 Å². The van der Waals surface area contributed by atoms with Crippen molar-refractivity contribution in [2.75, 3.05) is 7.05 Å². The number of ketones is 1. The van der Waals surface area contributed by atoms with Crippen molar-refractivity contribution >= 4 is 11.7 Å². The van der Waals surface area contributed by atoms with Gasteiger partial charge in [0.05, 0.1) is 6.42 Å². The topological polar surface area (TPSA) is 72.2 Å². The van der Waals surface area contributed by atoms with Crippen LogP contribution in [0.25, 0.3) is 11.3 Å². The van der Waals surface area contributed by atoms with Crippen LogP contribution in [0.1, 0.15) is 32.0 Å². The number of benzene rings is 2. The van der Waals surface area contributed by atoms with Gasteiger partial charge >= 0.3 is 0 Å². The van der Waals surface area contributed by atoms with Crippen LogP contribution in [0.4, 0.5) is 0 Å². The third kappa shape index (κ3) is 3.35. The van der Waals surface area contributed by atoms with E-state index in [0.717, 1.165) is 11.1 Å². The fourth-order valence-corrected chi connectivity index (χ4v) is 2.72. The zero-order valence-electron chi connectivity index (χ0n) is 14.1. The molecule has 0 bridgehead atoms. The smallest absolute Gasteiger partial charge is 0.256 e. The van der Waals surface area contributed by atoms with Gasteiger partial charge in [-0.2, -0.15) is 0 Å².